The Morgan fingerprint density at radius 3 is 2.69 bits per heavy atom. The lowest BCUT2D eigenvalue weighted by Crippen LogP contribution is -2.04. The zero-order valence-corrected chi connectivity index (χ0v) is 8.60. The number of carbonyl (C=O) groups excluding carboxylic acids is 1. The highest BCUT2D eigenvalue weighted by Gasteiger charge is 2.03. The molecule has 0 atom stereocenters. The van der Waals surface area contributed by atoms with E-state index in [1.807, 2.05) is 25.1 Å². The highest BCUT2D eigenvalue weighted by molar-refractivity contribution is 7.80. The molecule has 0 bridgehead atoms. The van der Waals surface area contributed by atoms with E-state index in [-0.39, 0.29) is 5.97 Å². The van der Waals surface area contributed by atoms with E-state index in [9.17, 15) is 4.79 Å². The average molecular weight is 196 g/mol. The van der Waals surface area contributed by atoms with Crippen LogP contribution >= 0.6 is 12.6 Å². The van der Waals surface area contributed by atoms with Crippen LogP contribution in [0.4, 0.5) is 0 Å². The summed E-state index contributed by atoms with van der Waals surface area (Å²) in [5.74, 6) is -0.224. The van der Waals surface area contributed by atoms with Crippen molar-refractivity contribution >= 4 is 18.6 Å². The summed E-state index contributed by atoms with van der Waals surface area (Å²) in [6.07, 6.45) is 0.311. The molecule has 0 aliphatic rings. The topological polar surface area (TPSA) is 26.3 Å². The summed E-state index contributed by atoms with van der Waals surface area (Å²) in [5, 5.41) is 0. The molecule has 0 heterocycles. The maximum Gasteiger partial charge on any atom is 0.309 e. The van der Waals surface area contributed by atoms with Crippen molar-refractivity contribution in [2.75, 3.05) is 7.11 Å². The molecule has 0 aliphatic carbocycles. The predicted molar refractivity (Wildman–Crippen MR) is 54.2 cm³/mol. The Labute approximate surface area is 83.3 Å². The van der Waals surface area contributed by atoms with E-state index in [0.29, 0.717) is 6.42 Å². The van der Waals surface area contributed by atoms with Crippen molar-refractivity contribution in [1.29, 1.82) is 0 Å². The summed E-state index contributed by atoms with van der Waals surface area (Å²) in [7, 11) is 1.39. The Bertz CT molecular complexity index is 300. The summed E-state index contributed by atoms with van der Waals surface area (Å²) in [6.45, 7) is 1.97. The Hall–Kier alpha value is -0.960. The number of hydrogen-bond donors (Lipinski definition) is 1. The van der Waals surface area contributed by atoms with E-state index in [2.05, 4.69) is 17.4 Å². The zero-order valence-electron chi connectivity index (χ0n) is 7.70. The Morgan fingerprint density at radius 1 is 1.46 bits per heavy atom. The maximum atomic E-state index is 11.0. The molecule has 1 aromatic rings. The fourth-order valence-corrected chi connectivity index (χ4v) is 1.55. The largest absolute Gasteiger partial charge is 0.469 e. The third-order valence-corrected chi connectivity index (χ3v) is 1.96. The SMILES string of the molecule is COC(=O)Cc1cc(C)cc(S)c1. The Morgan fingerprint density at radius 2 is 2.15 bits per heavy atom. The van der Waals surface area contributed by atoms with Gasteiger partial charge in [-0.3, -0.25) is 4.79 Å². The highest BCUT2D eigenvalue weighted by atomic mass is 32.1. The molecule has 0 aliphatic heterocycles. The second-order valence-electron chi connectivity index (χ2n) is 2.93. The van der Waals surface area contributed by atoms with Crippen LogP contribution in [-0.2, 0) is 16.0 Å². The lowest BCUT2D eigenvalue weighted by Gasteiger charge is -2.02. The summed E-state index contributed by atoms with van der Waals surface area (Å²) in [6, 6.07) is 5.77. The molecule has 0 unspecified atom stereocenters. The molecule has 0 N–H and O–H groups in total. The van der Waals surface area contributed by atoms with Gasteiger partial charge in [0, 0.05) is 4.90 Å². The van der Waals surface area contributed by atoms with Crippen molar-refractivity contribution in [2.45, 2.75) is 18.2 Å². The van der Waals surface area contributed by atoms with Gasteiger partial charge in [-0.25, -0.2) is 0 Å². The van der Waals surface area contributed by atoms with Crippen molar-refractivity contribution < 1.29 is 9.53 Å². The quantitative estimate of drug-likeness (QED) is 0.578. The van der Waals surface area contributed by atoms with Gasteiger partial charge in [-0.2, -0.15) is 0 Å². The van der Waals surface area contributed by atoms with Gasteiger partial charge in [-0.1, -0.05) is 6.07 Å². The Balaban J connectivity index is 2.83. The molecule has 13 heavy (non-hydrogen) atoms. The molecule has 1 aromatic carbocycles. The van der Waals surface area contributed by atoms with Crippen LogP contribution in [-0.4, -0.2) is 13.1 Å². The van der Waals surface area contributed by atoms with E-state index in [0.717, 1.165) is 16.0 Å². The van der Waals surface area contributed by atoms with Crippen molar-refractivity contribution in [3.05, 3.63) is 29.3 Å². The lowest BCUT2D eigenvalue weighted by atomic mass is 10.1. The van der Waals surface area contributed by atoms with Crippen LogP contribution in [0.25, 0.3) is 0 Å². The first-order valence-corrected chi connectivity index (χ1v) is 4.43. The number of methoxy groups -OCH3 is 1. The second kappa shape index (κ2) is 4.33. The zero-order chi connectivity index (χ0) is 9.84. The van der Waals surface area contributed by atoms with Crippen LogP contribution in [0.1, 0.15) is 11.1 Å². The smallest absolute Gasteiger partial charge is 0.309 e. The molecule has 70 valence electrons. The summed E-state index contributed by atoms with van der Waals surface area (Å²) < 4.78 is 4.57. The predicted octanol–water partition coefficient (Wildman–Crippen LogP) is 2.00. The first-order valence-electron chi connectivity index (χ1n) is 3.98. The van der Waals surface area contributed by atoms with E-state index in [1.165, 1.54) is 7.11 Å². The molecular formula is C10H12O2S. The van der Waals surface area contributed by atoms with Crippen LogP contribution in [0.15, 0.2) is 23.1 Å². The molecule has 1 rings (SSSR count). The fourth-order valence-electron chi connectivity index (χ4n) is 1.18. The number of ether oxygens (including phenoxy) is 1. The van der Waals surface area contributed by atoms with Gasteiger partial charge in [-0.05, 0) is 30.2 Å². The van der Waals surface area contributed by atoms with Gasteiger partial charge in [0.05, 0.1) is 13.5 Å². The number of esters is 1. The number of hydrogen-bond acceptors (Lipinski definition) is 3. The summed E-state index contributed by atoms with van der Waals surface area (Å²) in [5.41, 5.74) is 2.04. The molecule has 0 fully saturated rings. The van der Waals surface area contributed by atoms with Crippen LogP contribution in [0.3, 0.4) is 0 Å². The number of aryl methyl sites for hydroxylation is 1. The van der Waals surface area contributed by atoms with Gasteiger partial charge in [0.15, 0.2) is 0 Å². The standard InChI is InChI=1S/C10H12O2S/c1-7-3-8(5-9(13)4-7)6-10(11)12-2/h3-5,13H,6H2,1-2H3. The normalized spacial score (nSPS) is 9.77. The van der Waals surface area contributed by atoms with Gasteiger partial charge in [0.1, 0.15) is 0 Å². The second-order valence-corrected chi connectivity index (χ2v) is 3.45. The number of benzene rings is 1. The highest BCUT2D eigenvalue weighted by Crippen LogP contribution is 2.13. The third kappa shape index (κ3) is 3.11. The number of rotatable bonds is 2. The van der Waals surface area contributed by atoms with E-state index >= 15 is 0 Å². The minimum Gasteiger partial charge on any atom is -0.469 e. The van der Waals surface area contributed by atoms with Crippen LogP contribution in [0, 0.1) is 6.92 Å². The van der Waals surface area contributed by atoms with Gasteiger partial charge >= 0.3 is 5.97 Å². The average Bonchev–Trinajstić information content (AvgIpc) is 2.02. The van der Waals surface area contributed by atoms with E-state index in [4.69, 9.17) is 0 Å². The first-order chi connectivity index (χ1) is 6.11. The third-order valence-electron chi connectivity index (χ3n) is 1.70. The van der Waals surface area contributed by atoms with Crippen molar-refractivity contribution in [3.63, 3.8) is 0 Å². The summed E-state index contributed by atoms with van der Waals surface area (Å²) >= 11 is 4.22. The molecule has 3 heteroatoms. The molecular weight excluding hydrogens is 184 g/mol. The molecule has 0 spiro atoms. The van der Waals surface area contributed by atoms with Gasteiger partial charge in [0.25, 0.3) is 0 Å². The minimum atomic E-state index is -0.224. The van der Waals surface area contributed by atoms with Gasteiger partial charge in [-0.15, -0.1) is 12.6 Å². The first kappa shape index (κ1) is 10.1. The fraction of sp³-hybridized carbons (Fsp3) is 0.300. The minimum absolute atomic E-state index is 0.224. The van der Waals surface area contributed by atoms with Gasteiger partial charge in [0.2, 0.25) is 0 Å². The lowest BCUT2D eigenvalue weighted by molar-refractivity contribution is -0.139. The number of carbonyl (C=O) groups is 1. The van der Waals surface area contributed by atoms with Crippen LogP contribution in [0.2, 0.25) is 0 Å². The van der Waals surface area contributed by atoms with Crippen molar-refractivity contribution in [1.82, 2.24) is 0 Å². The van der Waals surface area contributed by atoms with E-state index in [1.54, 1.807) is 0 Å². The maximum absolute atomic E-state index is 11.0. The summed E-state index contributed by atoms with van der Waals surface area (Å²) in [4.78, 5) is 11.8. The van der Waals surface area contributed by atoms with Gasteiger partial charge < -0.3 is 4.74 Å². The molecule has 2 nitrogen and oxygen atoms in total. The number of thiol groups is 1. The van der Waals surface area contributed by atoms with E-state index < -0.39 is 0 Å². The molecule has 0 amide bonds. The monoisotopic (exact) mass is 196 g/mol. The molecule has 0 radical (unpaired) electrons. The van der Waals surface area contributed by atoms with Crippen molar-refractivity contribution in [2.24, 2.45) is 0 Å². The molecule has 0 aromatic heterocycles. The van der Waals surface area contributed by atoms with Crippen LogP contribution in [0.5, 0.6) is 0 Å². The van der Waals surface area contributed by atoms with Crippen LogP contribution < -0.4 is 0 Å². The Kier molecular flexibility index (Phi) is 3.37. The molecule has 0 saturated heterocycles. The molecule has 0 saturated carbocycles. The van der Waals surface area contributed by atoms with Crippen molar-refractivity contribution in [3.8, 4) is 0 Å².